The molecule has 2 heterocycles. The molecule has 0 fully saturated rings. The van der Waals surface area contributed by atoms with Crippen LogP contribution in [0.2, 0.25) is 0 Å². The summed E-state index contributed by atoms with van der Waals surface area (Å²) in [5, 5.41) is 8.28. The van der Waals surface area contributed by atoms with Gasteiger partial charge in [0.25, 0.3) is 0 Å². The molecule has 0 N–H and O–H groups in total. The van der Waals surface area contributed by atoms with Crippen LogP contribution in [0.1, 0.15) is 22.3 Å². The van der Waals surface area contributed by atoms with E-state index in [0.717, 1.165) is 55.6 Å². The molecule has 66 heavy (non-hydrogen) atoms. The molecule has 1 aliphatic carbocycles. The van der Waals surface area contributed by atoms with Crippen LogP contribution in [0.3, 0.4) is 0 Å². The van der Waals surface area contributed by atoms with Crippen molar-refractivity contribution in [1.82, 2.24) is 4.98 Å². The molecule has 0 saturated carbocycles. The van der Waals surface area contributed by atoms with E-state index < -0.39 is 5.41 Å². The maximum Gasteiger partial charge on any atom is 0.132 e. The van der Waals surface area contributed by atoms with Crippen molar-refractivity contribution < 1.29 is 4.74 Å². The van der Waals surface area contributed by atoms with Gasteiger partial charge < -0.3 is 4.74 Å². The number of ether oxygens (including phenoxy) is 1. The monoisotopic (exact) mass is 837 g/mol. The van der Waals surface area contributed by atoms with Crippen LogP contribution in [0.15, 0.2) is 237 Å². The standard InChI is InChI=1S/C64H39NO/c1-2-16-40(17-3-1)41-30-32-42(33-31-41)61-48-21-4-6-23-50(48)62(51-24-7-5-22-49(51)61)43-34-36-44(37-35-43)63-53-39-60-57(38-52(53)47-20-10-14-28-58(47)65-63)64(56-27-13-15-29-59(56)66-60)54-25-11-8-18-45(54)46-19-9-12-26-55(46)64/h1-39H. The van der Waals surface area contributed by atoms with E-state index in [1.165, 1.54) is 77.2 Å². The van der Waals surface area contributed by atoms with Crippen molar-refractivity contribution >= 4 is 43.2 Å². The fraction of sp³-hybridized carbons (Fsp3) is 0.0156. The number of aromatic nitrogens is 1. The van der Waals surface area contributed by atoms with Gasteiger partial charge in [-0.3, -0.25) is 0 Å². The highest BCUT2D eigenvalue weighted by atomic mass is 16.5. The highest BCUT2D eigenvalue weighted by Crippen LogP contribution is 2.62. The Morgan fingerprint density at radius 1 is 0.288 bits per heavy atom. The average molecular weight is 838 g/mol. The first-order valence-corrected chi connectivity index (χ1v) is 22.8. The fourth-order valence-corrected chi connectivity index (χ4v) is 11.5. The summed E-state index contributed by atoms with van der Waals surface area (Å²) in [5.74, 6) is 1.74. The van der Waals surface area contributed by atoms with Gasteiger partial charge in [0, 0.05) is 27.5 Å². The van der Waals surface area contributed by atoms with Crippen LogP contribution >= 0.6 is 0 Å². The molecular formula is C64H39NO. The van der Waals surface area contributed by atoms with Crippen molar-refractivity contribution in [3.63, 3.8) is 0 Å². The normalized spacial score (nSPS) is 13.1. The van der Waals surface area contributed by atoms with Crippen LogP contribution < -0.4 is 4.74 Å². The van der Waals surface area contributed by atoms with Gasteiger partial charge in [0.05, 0.1) is 16.6 Å². The molecule has 0 bridgehead atoms. The van der Waals surface area contributed by atoms with Gasteiger partial charge in [0.2, 0.25) is 0 Å². The second-order valence-corrected chi connectivity index (χ2v) is 17.7. The third-order valence-corrected chi connectivity index (χ3v) is 14.3. The largest absolute Gasteiger partial charge is 0.457 e. The van der Waals surface area contributed by atoms with Crippen LogP contribution in [0.25, 0.3) is 99.0 Å². The summed E-state index contributed by atoms with van der Waals surface area (Å²) in [6.45, 7) is 0. The second-order valence-electron chi connectivity index (χ2n) is 17.7. The average Bonchev–Trinajstić information content (AvgIpc) is 3.68. The van der Waals surface area contributed by atoms with Crippen molar-refractivity contribution in [2.45, 2.75) is 5.41 Å². The number of para-hydroxylation sites is 2. The Balaban J connectivity index is 0.952. The summed E-state index contributed by atoms with van der Waals surface area (Å²) >= 11 is 0. The number of fused-ring (bicyclic) bond motifs is 14. The Bertz CT molecular complexity index is 3840. The summed E-state index contributed by atoms with van der Waals surface area (Å²) in [4.78, 5) is 5.45. The second kappa shape index (κ2) is 14.2. The molecule has 1 aromatic heterocycles. The van der Waals surface area contributed by atoms with Gasteiger partial charge in [0.1, 0.15) is 11.5 Å². The number of nitrogens with zero attached hydrogens (tertiary/aromatic N) is 1. The lowest BCUT2D eigenvalue weighted by molar-refractivity contribution is 0.437. The maximum absolute atomic E-state index is 7.00. The van der Waals surface area contributed by atoms with E-state index in [-0.39, 0.29) is 0 Å². The van der Waals surface area contributed by atoms with E-state index >= 15 is 0 Å². The third kappa shape index (κ3) is 5.21. The minimum absolute atomic E-state index is 0.551. The van der Waals surface area contributed by atoms with E-state index in [0.29, 0.717) is 0 Å². The SMILES string of the molecule is c1ccc(-c2ccc(-c3c4ccccc4c(-c4ccc(-c5nc6ccccc6c6cc7c(cc56)Oc5ccccc5C75c6ccccc6-c6ccccc65)cc4)c4ccccc34)cc2)cc1. The van der Waals surface area contributed by atoms with Crippen LogP contribution in [0.4, 0.5) is 0 Å². The minimum atomic E-state index is -0.551. The predicted octanol–water partition coefficient (Wildman–Crippen LogP) is 16.8. The van der Waals surface area contributed by atoms with Crippen molar-refractivity contribution in [1.29, 1.82) is 0 Å². The number of pyridine rings is 1. The number of hydrogen-bond donors (Lipinski definition) is 0. The van der Waals surface area contributed by atoms with Gasteiger partial charge in [-0.05, 0) is 107 Å². The third-order valence-electron chi connectivity index (χ3n) is 14.3. The minimum Gasteiger partial charge on any atom is -0.457 e. The van der Waals surface area contributed by atoms with Gasteiger partial charge in [-0.25, -0.2) is 4.98 Å². The van der Waals surface area contributed by atoms with Crippen LogP contribution in [0, 0.1) is 0 Å². The molecular weight excluding hydrogens is 799 g/mol. The van der Waals surface area contributed by atoms with Gasteiger partial charge in [-0.15, -0.1) is 0 Å². The predicted molar refractivity (Wildman–Crippen MR) is 273 cm³/mol. The first kappa shape index (κ1) is 36.8. The molecule has 2 nitrogen and oxygen atoms in total. The zero-order chi connectivity index (χ0) is 43.3. The molecule has 2 aliphatic rings. The molecule has 11 aromatic carbocycles. The maximum atomic E-state index is 7.00. The highest BCUT2D eigenvalue weighted by Gasteiger charge is 2.51. The molecule has 1 spiro atoms. The summed E-state index contributed by atoms with van der Waals surface area (Å²) < 4.78 is 7.00. The van der Waals surface area contributed by atoms with Gasteiger partial charge >= 0.3 is 0 Å². The molecule has 2 heteroatoms. The lowest BCUT2D eigenvalue weighted by Crippen LogP contribution is -2.32. The Morgan fingerprint density at radius 3 is 1.35 bits per heavy atom. The fourth-order valence-electron chi connectivity index (χ4n) is 11.5. The van der Waals surface area contributed by atoms with Gasteiger partial charge in [-0.2, -0.15) is 0 Å². The highest BCUT2D eigenvalue weighted by molar-refractivity contribution is 6.21. The molecule has 0 atom stereocenters. The van der Waals surface area contributed by atoms with Crippen LogP contribution in [0.5, 0.6) is 11.5 Å². The van der Waals surface area contributed by atoms with E-state index in [1.807, 2.05) is 0 Å². The quantitative estimate of drug-likeness (QED) is 0.130. The zero-order valence-corrected chi connectivity index (χ0v) is 35.9. The molecule has 0 amide bonds. The zero-order valence-electron chi connectivity index (χ0n) is 35.9. The molecule has 306 valence electrons. The summed E-state index contributed by atoms with van der Waals surface area (Å²) in [6, 6.07) is 86.2. The van der Waals surface area contributed by atoms with Crippen molar-refractivity contribution in [3.8, 4) is 67.3 Å². The molecule has 12 aromatic rings. The lowest BCUT2D eigenvalue weighted by Gasteiger charge is -2.39. The van der Waals surface area contributed by atoms with E-state index in [1.54, 1.807) is 0 Å². The Kier molecular flexibility index (Phi) is 7.93. The van der Waals surface area contributed by atoms with Crippen LogP contribution in [-0.4, -0.2) is 4.98 Å². The Morgan fingerprint density at radius 2 is 0.742 bits per heavy atom. The molecule has 0 unspecified atom stereocenters. The first-order chi connectivity index (χ1) is 32.7. The lowest BCUT2D eigenvalue weighted by atomic mass is 9.65. The van der Waals surface area contributed by atoms with Crippen molar-refractivity contribution in [2.75, 3.05) is 0 Å². The number of benzene rings is 11. The number of rotatable bonds is 4. The Labute approximate surface area is 382 Å². The topological polar surface area (TPSA) is 22.1 Å². The van der Waals surface area contributed by atoms with Gasteiger partial charge in [0.15, 0.2) is 0 Å². The molecule has 0 saturated heterocycles. The molecule has 0 radical (unpaired) electrons. The van der Waals surface area contributed by atoms with E-state index in [9.17, 15) is 0 Å². The first-order valence-electron chi connectivity index (χ1n) is 22.8. The number of hydrogen-bond acceptors (Lipinski definition) is 2. The summed E-state index contributed by atoms with van der Waals surface area (Å²) in [7, 11) is 0. The molecule has 1 aliphatic heterocycles. The van der Waals surface area contributed by atoms with Gasteiger partial charge in [-0.1, -0.05) is 212 Å². The van der Waals surface area contributed by atoms with Crippen molar-refractivity contribution in [2.24, 2.45) is 0 Å². The van der Waals surface area contributed by atoms with E-state index in [4.69, 9.17) is 9.72 Å². The smallest absolute Gasteiger partial charge is 0.132 e. The Hall–Kier alpha value is -8.59. The summed E-state index contributed by atoms with van der Waals surface area (Å²) in [5.41, 5.74) is 17.1. The molecule has 14 rings (SSSR count). The van der Waals surface area contributed by atoms with E-state index in [2.05, 4.69) is 237 Å². The summed E-state index contributed by atoms with van der Waals surface area (Å²) in [6.07, 6.45) is 0. The van der Waals surface area contributed by atoms with Crippen LogP contribution in [-0.2, 0) is 5.41 Å². The van der Waals surface area contributed by atoms with Crippen molar-refractivity contribution in [3.05, 3.63) is 259 Å².